The average Bonchev–Trinajstić information content (AvgIpc) is 2.18. The smallest absolute Gasteiger partial charge is 0.320 e. The van der Waals surface area contributed by atoms with Gasteiger partial charge in [-0.15, -0.1) is 0 Å². The van der Waals surface area contributed by atoms with Gasteiger partial charge in [0.15, 0.2) is 0 Å². The van der Waals surface area contributed by atoms with Gasteiger partial charge in [-0.2, -0.15) is 0 Å². The summed E-state index contributed by atoms with van der Waals surface area (Å²) in [5.41, 5.74) is 0. The van der Waals surface area contributed by atoms with E-state index in [1.165, 1.54) is 6.42 Å². The fraction of sp³-hybridized carbons (Fsp3) is 0.900. The number of ether oxygens (including phenoxy) is 1. The van der Waals surface area contributed by atoms with E-state index in [1.54, 1.807) is 0 Å². The van der Waals surface area contributed by atoms with Gasteiger partial charge in [0.05, 0.1) is 13.2 Å². The summed E-state index contributed by atoms with van der Waals surface area (Å²) in [7, 11) is 1.97. The van der Waals surface area contributed by atoms with Crippen LogP contribution in [0.2, 0.25) is 0 Å². The van der Waals surface area contributed by atoms with E-state index in [2.05, 4.69) is 10.2 Å². The molecule has 1 unspecified atom stereocenters. The molecule has 0 aromatic carbocycles. The van der Waals surface area contributed by atoms with Crippen molar-refractivity contribution >= 4 is 5.97 Å². The predicted molar refractivity (Wildman–Crippen MR) is 55.2 cm³/mol. The van der Waals surface area contributed by atoms with Crippen LogP contribution in [-0.4, -0.2) is 50.2 Å². The van der Waals surface area contributed by atoms with Crippen LogP contribution in [0.25, 0.3) is 0 Å². The average molecular weight is 200 g/mol. The minimum atomic E-state index is -0.107. The summed E-state index contributed by atoms with van der Waals surface area (Å²) >= 11 is 0. The van der Waals surface area contributed by atoms with Gasteiger partial charge in [-0.25, -0.2) is 0 Å². The van der Waals surface area contributed by atoms with E-state index in [4.69, 9.17) is 4.74 Å². The van der Waals surface area contributed by atoms with Gasteiger partial charge < -0.3 is 10.1 Å². The molecule has 0 spiro atoms. The summed E-state index contributed by atoms with van der Waals surface area (Å²) in [5.74, 6) is -0.107. The van der Waals surface area contributed by atoms with Crippen molar-refractivity contribution in [2.45, 2.75) is 25.8 Å². The highest BCUT2D eigenvalue weighted by Gasteiger charge is 2.20. The van der Waals surface area contributed by atoms with Crippen molar-refractivity contribution in [3.63, 3.8) is 0 Å². The van der Waals surface area contributed by atoms with E-state index in [9.17, 15) is 4.79 Å². The Balaban J connectivity index is 2.26. The van der Waals surface area contributed by atoms with Crippen molar-refractivity contribution in [3.05, 3.63) is 0 Å². The van der Waals surface area contributed by atoms with Crippen LogP contribution in [-0.2, 0) is 9.53 Å². The normalized spacial score (nSPS) is 23.4. The van der Waals surface area contributed by atoms with Gasteiger partial charge in [-0.3, -0.25) is 9.69 Å². The molecule has 1 aliphatic rings. The molecule has 1 atom stereocenters. The van der Waals surface area contributed by atoms with Crippen LogP contribution >= 0.6 is 0 Å². The Morgan fingerprint density at radius 1 is 1.64 bits per heavy atom. The lowest BCUT2D eigenvalue weighted by Crippen LogP contribution is -2.46. The monoisotopic (exact) mass is 200 g/mol. The Hall–Kier alpha value is -0.610. The molecule has 4 nitrogen and oxygen atoms in total. The van der Waals surface area contributed by atoms with Crippen molar-refractivity contribution in [2.75, 3.05) is 33.3 Å². The van der Waals surface area contributed by atoms with Crippen LogP contribution in [0.4, 0.5) is 0 Å². The first-order chi connectivity index (χ1) is 6.76. The van der Waals surface area contributed by atoms with Gasteiger partial charge in [-0.1, -0.05) is 0 Å². The maximum absolute atomic E-state index is 11.2. The summed E-state index contributed by atoms with van der Waals surface area (Å²) < 4.78 is 4.91. The van der Waals surface area contributed by atoms with Gasteiger partial charge in [0.2, 0.25) is 0 Å². The van der Waals surface area contributed by atoms with E-state index in [1.807, 2.05) is 14.0 Å². The van der Waals surface area contributed by atoms with Crippen LogP contribution in [0.3, 0.4) is 0 Å². The largest absolute Gasteiger partial charge is 0.465 e. The zero-order chi connectivity index (χ0) is 10.4. The predicted octanol–water partition coefficient (Wildman–Crippen LogP) is 0.233. The molecule has 0 aliphatic carbocycles. The molecule has 1 N–H and O–H groups in total. The number of hydrogen-bond donors (Lipinski definition) is 1. The number of hydrogen-bond acceptors (Lipinski definition) is 4. The molecule has 0 bridgehead atoms. The summed E-state index contributed by atoms with van der Waals surface area (Å²) in [6.07, 6.45) is 2.36. The van der Waals surface area contributed by atoms with Crippen LogP contribution in [0, 0.1) is 0 Å². The molecule has 0 aromatic rings. The number of carbonyl (C=O) groups is 1. The number of nitrogens with one attached hydrogen (secondary N) is 1. The van der Waals surface area contributed by atoms with Gasteiger partial charge in [0.1, 0.15) is 0 Å². The van der Waals surface area contributed by atoms with Crippen molar-refractivity contribution in [2.24, 2.45) is 0 Å². The Bertz CT molecular complexity index is 185. The third-order valence-corrected chi connectivity index (χ3v) is 2.57. The summed E-state index contributed by atoms with van der Waals surface area (Å²) in [4.78, 5) is 13.4. The number of rotatable bonds is 4. The first-order valence-electron chi connectivity index (χ1n) is 5.31. The molecule has 82 valence electrons. The zero-order valence-electron chi connectivity index (χ0n) is 9.08. The molecule has 0 aromatic heterocycles. The molecule has 1 heterocycles. The summed E-state index contributed by atoms with van der Waals surface area (Å²) in [6.45, 7) is 4.71. The highest BCUT2D eigenvalue weighted by molar-refractivity contribution is 5.71. The van der Waals surface area contributed by atoms with Gasteiger partial charge in [0.25, 0.3) is 0 Å². The van der Waals surface area contributed by atoms with Crippen molar-refractivity contribution in [1.29, 1.82) is 0 Å². The molecular weight excluding hydrogens is 180 g/mol. The Morgan fingerprint density at radius 3 is 3.07 bits per heavy atom. The van der Waals surface area contributed by atoms with E-state index in [0.717, 1.165) is 19.5 Å². The van der Waals surface area contributed by atoms with Crippen molar-refractivity contribution in [3.8, 4) is 0 Å². The molecule has 1 aliphatic heterocycles. The highest BCUT2D eigenvalue weighted by atomic mass is 16.5. The number of nitrogens with zero attached hydrogens (tertiary/aromatic N) is 1. The Kier molecular flexibility index (Phi) is 4.90. The first-order valence-corrected chi connectivity index (χ1v) is 5.31. The first kappa shape index (κ1) is 11.5. The molecule has 0 saturated carbocycles. The number of likely N-dealkylation sites (tertiary alicyclic amines) is 1. The van der Waals surface area contributed by atoms with Gasteiger partial charge >= 0.3 is 5.97 Å². The van der Waals surface area contributed by atoms with Crippen LogP contribution in [0.15, 0.2) is 0 Å². The lowest BCUT2D eigenvalue weighted by molar-refractivity contribution is -0.144. The zero-order valence-corrected chi connectivity index (χ0v) is 9.08. The SMILES string of the molecule is CCOC(=O)CN1CCCC(NC)C1. The van der Waals surface area contributed by atoms with E-state index in [-0.39, 0.29) is 5.97 Å². The van der Waals surface area contributed by atoms with Crippen molar-refractivity contribution < 1.29 is 9.53 Å². The topological polar surface area (TPSA) is 41.6 Å². The summed E-state index contributed by atoms with van der Waals surface area (Å²) in [5, 5.41) is 3.25. The number of piperidine rings is 1. The maximum atomic E-state index is 11.2. The molecule has 1 fully saturated rings. The molecule has 0 amide bonds. The fourth-order valence-corrected chi connectivity index (χ4v) is 1.82. The molecular formula is C10H20N2O2. The van der Waals surface area contributed by atoms with Gasteiger partial charge in [0, 0.05) is 12.6 Å². The fourth-order valence-electron chi connectivity index (χ4n) is 1.82. The number of likely N-dealkylation sites (N-methyl/N-ethyl adjacent to an activating group) is 1. The lowest BCUT2D eigenvalue weighted by atomic mass is 10.1. The maximum Gasteiger partial charge on any atom is 0.320 e. The standard InChI is InChI=1S/C10H20N2O2/c1-3-14-10(13)8-12-6-4-5-9(7-12)11-2/h9,11H,3-8H2,1-2H3. The molecule has 1 saturated heterocycles. The Labute approximate surface area is 85.6 Å². The lowest BCUT2D eigenvalue weighted by Gasteiger charge is -2.31. The number of esters is 1. The van der Waals surface area contributed by atoms with Crippen LogP contribution < -0.4 is 5.32 Å². The van der Waals surface area contributed by atoms with Crippen LogP contribution in [0.1, 0.15) is 19.8 Å². The quantitative estimate of drug-likeness (QED) is 0.660. The third-order valence-electron chi connectivity index (χ3n) is 2.57. The van der Waals surface area contributed by atoms with E-state index in [0.29, 0.717) is 19.2 Å². The molecule has 1 rings (SSSR count). The Morgan fingerprint density at radius 2 is 2.43 bits per heavy atom. The van der Waals surface area contributed by atoms with Crippen LogP contribution in [0.5, 0.6) is 0 Å². The molecule has 0 radical (unpaired) electrons. The van der Waals surface area contributed by atoms with E-state index >= 15 is 0 Å². The minimum absolute atomic E-state index is 0.107. The van der Waals surface area contributed by atoms with Crippen molar-refractivity contribution in [1.82, 2.24) is 10.2 Å². The molecule has 14 heavy (non-hydrogen) atoms. The summed E-state index contributed by atoms with van der Waals surface area (Å²) in [6, 6.07) is 0.526. The third kappa shape index (κ3) is 3.64. The molecule has 4 heteroatoms. The minimum Gasteiger partial charge on any atom is -0.465 e. The second kappa shape index (κ2) is 5.98. The second-order valence-corrected chi connectivity index (χ2v) is 3.67. The van der Waals surface area contributed by atoms with E-state index < -0.39 is 0 Å². The number of carbonyl (C=O) groups excluding carboxylic acids is 1. The van der Waals surface area contributed by atoms with Gasteiger partial charge in [-0.05, 0) is 33.4 Å². The highest BCUT2D eigenvalue weighted by Crippen LogP contribution is 2.09. The second-order valence-electron chi connectivity index (χ2n) is 3.67.